The number of pyridine rings is 1. The highest BCUT2D eigenvalue weighted by Crippen LogP contribution is 2.15. The Hall–Kier alpha value is -1.62. The highest BCUT2D eigenvalue weighted by Gasteiger charge is 2.20. The van der Waals surface area contributed by atoms with Crippen LogP contribution < -0.4 is 5.32 Å². The molecule has 92 valence electrons. The Balaban J connectivity index is 1.88. The van der Waals surface area contributed by atoms with Crippen molar-refractivity contribution >= 4 is 5.91 Å². The number of likely N-dealkylation sites (tertiary alicyclic amines) is 1. The number of carbonyl (C=O) groups excluding carboxylic acids is 1. The standard InChI is InChI=1S/C12H17N3O2/c1-15-5-3-9(8-15)6-14-12(17)10-2-4-13-7-11(10)16/h2,4,7,9,16H,3,5-6,8H2,1H3,(H,14,17). The summed E-state index contributed by atoms with van der Waals surface area (Å²) in [6.45, 7) is 2.76. The van der Waals surface area contributed by atoms with E-state index in [1.54, 1.807) is 0 Å². The highest BCUT2D eigenvalue weighted by molar-refractivity contribution is 5.96. The number of nitrogens with one attached hydrogen (secondary N) is 1. The summed E-state index contributed by atoms with van der Waals surface area (Å²) in [5.41, 5.74) is 0.284. The summed E-state index contributed by atoms with van der Waals surface area (Å²) in [5, 5.41) is 12.3. The van der Waals surface area contributed by atoms with Crippen LogP contribution >= 0.6 is 0 Å². The van der Waals surface area contributed by atoms with Crippen molar-refractivity contribution in [2.45, 2.75) is 6.42 Å². The second-order valence-corrected chi connectivity index (χ2v) is 4.52. The van der Waals surface area contributed by atoms with E-state index in [0.29, 0.717) is 12.5 Å². The Labute approximate surface area is 100 Å². The highest BCUT2D eigenvalue weighted by atomic mass is 16.3. The topological polar surface area (TPSA) is 65.5 Å². The molecule has 1 atom stereocenters. The van der Waals surface area contributed by atoms with Crippen LogP contribution in [0.2, 0.25) is 0 Å². The molecule has 1 amide bonds. The molecule has 2 N–H and O–H groups in total. The Kier molecular flexibility index (Phi) is 3.58. The van der Waals surface area contributed by atoms with E-state index in [4.69, 9.17) is 0 Å². The number of carbonyl (C=O) groups is 1. The molecule has 0 radical (unpaired) electrons. The van der Waals surface area contributed by atoms with Crippen LogP contribution in [0, 0.1) is 5.92 Å². The lowest BCUT2D eigenvalue weighted by Crippen LogP contribution is -2.30. The first kappa shape index (κ1) is 11.9. The molecule has 0 bridgehead atoms. The van der Waals surface area contributed by atoms with Crippen molar-refractivity contribution in [3.8, 4) is 5.75 Å². The summed E-state index contributed by atoms with van der Waals surface area (Å²) >= 11 is 0. The minimum atomic E-state index is -0.237. The Morgan fingerprint density at radius 1 is 1.71 bits per heavy atom. The quantitative estimate of drug-likeness (QED) is 0.799. The molecule has 5 heteroatoms. The summed E-state index contributed by atoms with van der Waals surface area (Å²) in [6.07, 6.45) is 3.88. The first-order valence-electron chi connectivity index (χ1n) is 5.76. The molecule has 0 aliphatic carbocycles. The van der Waals surface area contributed by atoms with Gasteiger partial charge in [0.2, 0.25) is 0 Å². The molecule has 5 nitrogen and oxygen atoms in total. The molecule has 1 fully saturated rings. The van der Waals surface area contributed by atoms with Crippen LogP contribution in [0.25, 0.3) is 0 Å². The smallest absolute Gasteiger partial charge is 0.255 e. The van der Waals surface area contributed by atoms with Crippen LogP contribution in [0.3, 0.4) is 0 Å². The second-order valence-electron chi connectivity index (χ2n) is 4.52. The molecule has 1 aromatic rings. The van der Waals surface area contributed by atoms with E-state index in [2.05, 4.69) is 22.2 Å². The molecule has 2 heterocycles. The summed E-state index contributed by atoms with van der Waals surface area (Å²) in [6, 6.07) is 1.52. The maximum atomic E-state index is 11.8. The van der Waals surface area contributed by atoms with Gasteiger partial charge >= 0.3 is 0 Å². The Bertz CT molecular complexity index is 408. The third-order valence-corrected chi connectivity index (χ3v) is 3.08. The third kappa shape index (κ3) is 2.94. The van der Waals surface area contributed by atoms with E-state index in [1.165, 1.54) is 18.5 Å². The average molecular weight is 235 g/mol. The van der Waals surface area contributed by atoms with E-state index in [-0.39, 0.29) is 17.2 Å². The molecule has 1 aromatic heterocycles. The molecular weight excluding hydrogens is 218 g/mol. The monoisotopic (exact) mass is 235 g/mol. The lowest BCUT2D eigenvalue weighted by molar-refractivity contribution is 0.0944. The number of amides is 1. The Morgan fingerprint density at radius 3 is 3.18 bits per heavy atom. The fraction of sp³-hybridized carbons (Fsp3) is 0.500. The summed E-state index contributed by atoms with van der Waals surface area (Å²) < 4.78 is 0. The van der Waals surface area contributed by atoms with Crippen molar-refractivity contribution in [1.29, 1.82) is 0 Å². The number of hydrogen-bond acceptors (Lipinski definition) is 4. The molecule has 1 aliphatic heterocycles. The van der Waals surface area contributed by atoms with Crippen molar-refractivity contribution in [2.75, 3.05) is 26.7 Å². The fourth-order valence-electron chi connectivity index (χ4n) is 2.10. The van der Waals surface area contributed by atoms with Crippen LogP contribution in [0.1, 0.15) is 16.8 Å². The molecule has 2 rings (SSSR count). The fourth-order valence-corrected chi connectivity index (χ4v) is 2.10. The van der Waals surface area contributed by atoms with Gasteiger partial charge in [0.25, 0.3) is 5.91 Å². The van der Waals surface area contributed by atoms with E-state index in [0.717, 1.165) is 19.5 Å². The molecule has 1 unspecified atom stereocenters. The zero-order valence-electron chi connectivity index (χ0n) is 9.89. The zero-order valence-corrected chi connectivity index (χ0v) is 9.89. The lowest BCUT2D eigenvalue weighted by Gasteiger charge is -2.12. The molecule has 1 saturated heterocycles. The molecule has 0 saturated carbocycles. The number of aromatic hydroxyl groups is 1. The first-order valence-corrected chi connectivity index (χ1v) is 5.76. The van der Waals surface area contributed by atoms with Crippen molar-refractivity contribution in [3.63, 3.8) is 0 Å². The minimum Gasteiger partial charge on any atom is -0.505 e. The van der Waals surface area contributed by atoms with Gasteiger partial charge in [0.05, 0.1) is 11.8 Å². The van der Waals surface area contributed by atoms with Crippen molar-refractivity contribution in [3.05, 3.63) is 24.0 Å². The number of rotatable bonds is 3. The maximum Gasteiger partial charge on any atom is 0.255 e. The van der Waals surface area contributed by atoms with Crippen LogP contribution in [0.15, 0.2) is 18.5 Å². The van der Waals surface area contributed by atoms with Gasteiger partial charge in [-0.1, -0.05) is 0 Å². The van der Waals surface area contributed by atoms with E-state index in [9.17, 15) is 9.90 Å². The maximum absolute atomic E-state index is 11.8. The van der Waals surface area contributed by atoms with Gasteiger partial charge in [-0.05, 0) is 32.0 Å². The molecular formula is C12H17N3O2. The van der Waals surface area contributed by atoms with E-state index >= 15 is 0 Å². The predicted octanol–water partition coefficient (Wildman–Crippen LogP) is 0.469. The van der Waals surface area contributed by atoms with Crippen molar-refractivity contribution in [1.82, 2.24) is 15.2 Å². The molecule has 0 aromatic carbocycles. The second kappa shape index (κ2) is 5.14. The van der Waals surface area contributed by atoms with Gasteiger partial charge in [-0.2, -0.15) is 0 Å². The Morgan fingerprint density at radius 2 is 2.53 bits per heavy atom. The summed E-state index contributed by atoms with van der Waals surface area (Å²) in [7, 11) is 2.08. The third-order valence-electron chi connectivity index (χ3n) is 3.08. The minimum absolute atomic E-state index is 0.0754. The molecule has 1 aliphatic rings. The van der Waals surface area contributed by atoms with Crippen LogP contribution in [-0.4, -0.2) is 47.6 Å². The van der Waals surface area contributed by atoms with Crippen molar-refractivity contribution in [2.24, 2.45) is 5.92 Å². The van der Waals surface area contributed by atoms with Gasteiger partial charge in [-0.3, -0.25) is 9.78 Å². The van der Waals surface area contributed by atoms with E-state index < -0.39 is 0 Å². The van der Waals surface area contributed by atoms with Crippen LogP contribution in [-0.2, 0) is 0 Å². The van der Waals surface area contributed by atoms with Gasteiger partial charge in [0, 0.05) is 19.3 Å². The lowest BCUT2D eigenvalue weighted by atomic mass is 10.1. The SMILES string of the molecule is CN1CCC(CNC(=O)c2ccncc2O)C1. The van der Waals surface area contributed by atoms with Gasteiger partial charge in [-0.15, -0.1) is 0 Å². The molecule has 0 spiro atoms. The van der Waals surface area contributed by atoms with Gasteiger partial charge in [-0.25, -0.2) is 0 Å². The summed E-state index contributed by atoms with van der Waals surface area (Å²) in [4.78, 5) is 17.8. The van der Waals surface area contributed by atoms with Gasteiger partial charge in [0.1, 0.15) is 5.75 Å². The number of nitrogens with zero attached hydrogens (tertiary/aromatic N) is 2. The molecule has 17 heavy (non-hydrogen) atoms. The van der Waals surface area contributed by atoms with Crippen LogP contribution in [0.5, 0.6) is 5.75 Å². The zero-order chi connectivity index (χ0) is 12.3. The largest absolute Gasteiger partial charge is 0.505 e. The normalized spacial score (nSPS) is 20.4. The number of hydrogen-bond donors (Lipinski definition) is 2. The van der Waals surface area contributed by atoms with Gasteiger partial charge < -0.3 is 15.3 Å². The average Bonchev–Trinajstić information content (AvgIpc) is 2.73. The van der Waals surface area contributed by atoms with E-state index in [1.807, 2.05) is 0 Å². The number of aromatic nitrogens is 1. The van der Waals surface area contributed by atoms with Gasteiger partial charge in [0.15, 0.2) is 0 Å². The van der Waals surface area contributed by atoms with Crippen LogP contribution in [0.4, 0.5) is 0 Å². The van der Waals surface area contributed by atoms with Crippen molar-refractivity contribution < 1.29 is 9.90 Å². The summed E-state index contributed by atoms with van der Waals surface area (Å²) in [5.74, 6) is 0.195. The predicted molar refractivity (Wildman–Crippen MR) is 63.8 cm³/mol. The first-order chi connectivity index (χ1) is 8.16.